The molecule has 0 radical (unpaired) electrons. The van der Waals surface area contributed by atoms with E-state index >= 15 is 0 Å². The highest BCUT2D eigenvalue weighted by Crippen LogP contribution is 2.30. The molecule has 0 saturated carbocycles. The van der Waals surface area contributed by atoms with Crippen molar-refractivity contribution >= 4 is 33.8 Å². The van der Waals surface area contributed by atoms with Gasteiger partial charge in [-0.05, 0) is 61.6 Å². The number of amides is 1. The van der Waals surface area contributed by atoms with Gasteiger partial charge in [-0.2, -0.15) is 0 Å². The Morgan fingerprint density at radius 1 is 0.923 bits per heavy atom. The highest BCUT2D eigenvalue weighted by molar-refractivity contribution is 6.05. The minimum atomic E-state index is -0.277. The number of para-hydroxylation sites is 1. The van der Waals surface area contributed by atoms with Crippen LogP contribution in [0.4, 0.5) is 0 Å². The molecule has 4 rings (SSSR count). The Balaban J connectivity index is 1.23. The molecular formula is C32H37NO6. The summed E-state index contributed by atoms with van der Waals surface area (Å²) in [5, 5.41) is 5.15. The largest absolute Gasteiger partial charge is 0.496 e. The van der Waals surface area contributed by atoms with E-state index in [2.05, 4.69) is 25.2 Å². The zero-order valence-corrected chi connectivity index (χ0v) is 23.0. The minimum absolute atomic E-state index is 0.0533. The molecule has 4 aromatic rings. The molecule has 1 aromatic heterocycles. The highest BCUT2D eigenvalue weighted by Gasteiger charge is 2.12. The van der Waals surface area contributed by atoms with Gasteiger partial charge in [-0.3, -0.25) is 9.59 Å². The van der Waals surface area contributed by atoms with Crippen LogP contribution in [-0.4, -0.2) is 31.6 Å². The van der Waals surface area contributed by atoms with E-state index in [1.54, 1.807) is 13.2 Å². The first-order chi connectivity index (χ1) is 19.0. The van der Waals surface area contributed by atoms with Gasteiger partial charge in [0.25, 0.3) is 0 Å². The standard InChI is InChI=1S/C32H37NO6/c1-4-24(5-2)33-31(34)11-8-18-37-25-15-14-23(30(20-25)36-3)21-38-32(35)17-13-22-12-16-29-27(19-22)26-9-6-7-10-28(26)39-29/h6-7,9-10,12,14-16,19-20,24H,4-5,8,11,13,17-18,21H2,1-3H3,(H,33,34). The fraction of sp³-hybridized carbons (Fsp3) is 0.375. The predicted octanol–water partition coefficient (Wildman–Crippen LogP) is 6.73. The van der Waals surface area contributed by atoms with Crippen LogP contribution in [-0.2, 0) is 27.4 Å². The molecule has 0 bridgehead atoms. The van der Waals surface area contributed by atoms with Gasteiger partial charge in [0.05, 0.1) is 13.7 Å². The maximum Gasteiger partial charge on any atom is 0.306 e. The molecule has 0 saturated heterocycles. The van der Waals surface area contributed by atoms with Gasteiger partial charge in [-0.25, -0.2) is 0 Å². The van der Waals surface area contributed by atoms with Gasteiger partial charge in [0.2, 0.25) is 5.91 Å². The number of hydrogen-bond donors (Lipinski definition) is 1. The Bertz CT molecular complexity index is 1400. The van der Waals surface area contributed by atoms with Gasteiger partial charge in [-0.15, -0.1) is 0 Å². The van der Waals surface area contributed by atoms with Crippen molar-refractivity contribution in [3.63, 3.8) is 0 Å². The van der Waals surface area contributed by atoms with Crippen molar-refractivity contribution in [2.24, 2.45) is 0 Å². The number of fused-ring (bicyclic) bond motifs is 3. The number of esters is 1. The average molecular weight is 532 g/mol. The van der Waals surface area contributed by atoms with Gasteiger partial charge in [0, 0.05) is 41.3 Å². The van der Waals surface area contributed by atoms with E-state index < -0.39 is 0 Å². The number of methoxy groups -OCH3 is 1. The first-order valence-electron chi connectivity index (χ1n) is 13.7. The van der Waals surface area contributed by atoms with Gasteiger partial charge in [-0.1, -0.05) is 38.1 Å². The molecule has 0 aliphatic rings. The van der Waals surface area contributed by atoms with Crippen molar-refractivity contribution < 1.29 is 28.2 Å². The fourth-order valence-corrected chi connectivity index (χ4v) is 4.55. The number of rotatable bonds is 14. The number of nitrogens with one attached hydrogen (secondary N) is 1. The normalized spacial score (nSPS) is 11.2. The van der Waals surface area contributed by atoms with Crippen LogP contribution in [0.3, 0.4) is 0 Å². The van der Waals surface area contributed by atoms with Crippen LogP contribution < -0.4 is 14.8 Å². The molecule has 7 nitrogen and oxygen atoms in total. The average Bonchev–Trinajstić information content (AvgIpc) is 3.34. The number of furan rings is 1. The Hall–Kier alpha value is -4.00. The smallest absolute Gasteiger partial charge is 0.306 e. The predicted molar refractivity (Wildman–Crippen MR) is 152 cm³/mol. The number of carbonyl (C=O) groups is 2. The van der Waals surface area contributed by atoms with E-state index in [0.29, 0.717) is 37.4 Å². The minimum Gasteiger partial charge on any atom is -0.496 e. The molecule has 1 N–H and O–H groups in total. The summed E-state index contributed by atoms with van der Waals surface area (Å²) >= 11 is 0. The number of aryl methyl sites for hydroxylation is 1. The number of carbonyl (C=O) groups excluding carboxylic acids is 2. The van der Waals surface area contributed by atoms with Crippen LogP contribution in [0.2, 0.25) is 0 Å². The lowest BCUT2D eigenvalue weighted by Crippen LogP contribution is -2.33. The van der Waals surface area contributed by atoms with Crippen molar-refractivity contribution in [1.29, 1.82) is 0 Å². The Morgan fingerprint density at radius 2 is 1.72 bits per heavy atom. The van der Waals surface area contributed by atoms with Crippen LogP contribution in [0.5, 0.6) is 11.5 Å². The Morgan fingerprint density at radius 3 is 2.51 bits per heavy atom. The summed E-state index contributed by atoms with van der Waals surface area (Å²) in [5.74, 6) is 1.01. The molecule has 1 heterocycles. The van der Waals surface area contributed by atoms with Gasteiger partial charge >= 0.3 is 5.97 Å². The number of ether oxygens (including phenoxy) is 3. The van der Waals surface area contributed by atoms with E-state index in [4.69, 9.17) is 18.6 Å². The molecule has 7 heteroatoms. The molecule has 206 valence electrons. The summed E-state index contributed by atoms with van der Waals surface area (Å²) in [6, 6.07) is 19.6. The van der Waals surface area contributed by atoms with Gasteiger partial charge < -0.3 is 23.9 Å². The van der Waals surface area contributed by atoms with Crippen molar-refractivity contribution in [3.05, 3.63) is 71.8 Å². The monoisotopic (exact) mass is 531 g/mol. The second-order valence-corrected chi connectivity index (χ2v) is 9.60. The maximum atomic E-state index is 12.5. The third kappa shape index (κ3) is 7.53. The molecular weight excluding hydrogens is 494 g/mol. The molecule has 3 aromatic carbocycles. The Kier molecular flexibility index (Phi) is 9.84. The molecule has 0 aliphatic heterocycles. The summed E-state index contributed by atoms with van der Waals surface area (Å²) in [6.07, 6.45) is 3.76. The first kappa shape index (κ1) is 28.0. The molecule has 1 amide bonds. The second kappa shape index (κ2) is 13.7. The van der Waals surface area contributed by atoms with Crippen LogP contribution in [0.25, 0.3) is 21.9 Å². The van der Waals surface area contributed by atoms with Crippen molar-refractivity contribution in [1.82, 2.24) is 5.32 Å². The van der Waals surface area contributed by atoms with E-state index in [0.717, 1.165) is 45.9 Å². The topological polar surface area (TPSA) is 87.0 Å². The van der Waals surface area contributed by atoms with Crippen LogP contribution >= 0.6 is 0 Å². The summed E-state index contributed by atoms with van der Waals surface area (Å²) < 4.78 is 22.7. The molecule has 39 heavy (non-hydrogen) atoms. The van der Waals surface area contributed by atoms with Crippen molar-refractivity contribution in [2.75, 3.05) is 13.7 Å². The Labute approximate surface area is 229 Å². The quantitative estimate of drug-likeness (QED) is 0.143. The van der Waals surface area contributed by atoms with Crippen LogP contribution in [0, 0.1) is 0 Å². The number of hydrogen-bond acceptors (Lipinski definition) is 6. The van der Waals surface area contributed by atoms with E-state index in [-0.39, 0.29) is 30.9 Å². The zero-order chi connectivity index (χ0) is 27.6. The molecule has 0 spiro atoms. The highest BCUT2D eigenvalue weighted by atomic mass is 16.5. The first-order valence-corrected chi connectivity index (χ1v) is 13.7. The molecule has 0 atom stereocenters. The lowest BCUT2D eigenvalue weighted by molar-refractivity contribution is -0.144. The van der Waals surface area contributed by atoms with E-state index in [9.17, 15) is 9.59 Å². The van der Waals surface area contributed by atoms with E-state index in [1.165, 1.54) is 0 Å². The molecule has 0 fully saturated rings. The van der Waals surface area contributed by atoms with Crippen molar-refractivity contribution in [2.45, 2.75) is 65.0 Å². The zero-order valence-electron chi connectivity index (χ0n) is 23.0. The SMILES string of the molecule is CCC(CC)NC(=O)CCCOc1ccc(COC(=O)CCc2ccc3oc4ccccc4c3c2)c(OC)c1. The fourth-order valence-electron chi connectivity index (χ4n) is 4.55. The third-order valence-electron chi connectivity index (χ3n) is 6.87. The van der Waals surface area contributed by atoms with Gasteiger partial charge in [0.1, 0.15) is 29.3 Å². The molecule has 0 aliphatic carbocycles. The summed E-state index contributed by atoms with van der Waals surface area (Å²) in [6.45, 7) is 4.68. The van der Waals surface area contributed by atoms with Gasteiger partial charge in [0.15, 0.2) is 0 Å². The van der Waals surface area contributed by atoms with Crippen molar-refractivity contribution in [3.8, 4) is 11.5 Å². The summed E-state index contributed by atoms with van der Waals surface area (Å²) in [7, 11) is 1.57. The van der Waals surface area contributed by atoms with Crippen LogP contribution in [0.1, 0.15) is 57.1 Å². The van der Waals surface area contributed by atoms with E-state index in [1.807, 2.05) is 48.5 Å². The maximum absolute atomic E-state index is 12.5. The lowest BCUT2D eigenvalue weighted by atomic mass is 10.1. The number of benzene rings is 3. The summed E-state index contributed by atoms with van der Waals surface area (Å²) in [4.78, 5) is 24.5. The van der Waals surface area contributed by atoms with Crippen LogP contribution in [0.15, 0.2) is 65.1 Å². The lowest BCUT2D eigenvalue weighted by Gasteiger charge is -2.15. The summed E-state index contributed by atoms with van der Waals surface area (Å²) in [5.41, 5.74) is 3.51. The second-order valence-electron chi connectivity index (χ2n) is 9.60. The molecule has 0 unspecified atom stereocenters. The third-order valence-corrected chi connectivity index (χ3v) is 6.87.